The lowest BCUT2D eigenvalue weighted by atomic mass is 10.3. The molecule has 0 aromatic carbocycles. The molecule has 0 spiro atoms. The van der Waals surface area contributed by atoms with Gasteiger partial charge in [0.15, 0.2) is 0 Å². The zero-order valence-electron chi connectivity index (χ0n) is 9.47. The van der Waals surface area contributed by atoms with Gasteiger partial charge in [-0.2, -0.15) is 0 Å². The molecule has 0 fully saturated rings. The summed E-state index contributed by atoms with van der Waals surface area (Å²) in [5.74, 6) is 0. The molecule has 2 nitrogen and oxygen atoms in total. The molecule has 0 aromatic heterocycles. The molecule has 0 radical (unpaired) electrons. The standard InChI is InChI=1S/C10H22O2/c1-3-5-7-9-11-12-10-8-6-4-2/h3-10H2,1-2H3/p+1. The maximum atomic E-state index is 4.98. The van der Waals surface area contributed by atoms with Crippen molar-refractivity contribution in [2.75, 3.05) is 13.2 Å². The second-order valence-electron chi connectivity index (χ2n) is 3.06. The maximum absolute atomic E-state index is 4.98. The molecule has 0 aliphatic rings. The third-order valence-corrected chi connectivity index (χ3v) is 1.75. The number of unbranched alkanes of at least 4 members (excludes halogenated alkanes) is 4. The Morgan fingerprint density at radius 2 is 1.17 bits per heavy atom. The Hall–Kier alpha value is -0.0800. The van der Waals surface area contributed by atoms with Gasteiger partial charge in [0, 0.05) is 0 Å². The fraction of sp³-hybridized carbons (Fsp3) is 1.00. The first-order valence-electron chi connectivity index (χ1n) is 5.16. The molecule has 12 heavy (non-hydrogen) atoms. The predicted octanol–water partition coefficient (Wildman–Crippen LogP) is 3.43. The molecule has 74 valence electrons. The van der Waals surface area contributed by atoms with E-state index < -0.39 is 0 Å². The minimum Gasteiger partial charge on any atom is -0.237 e. The summed E-state index contributed by atoms with van der Waals surface area (Å²) in [6.45, 7) is 5.87. The Labute approximate surface area is 77.7 Å². The Bertz CT molecular complexity index is 69.3. The van der Waals surface area contributed by atoms with Crippen molar-refractivity contribution >= 4 is 0 Å². The molecule has 0 aliphatic heterocycles. The molecular weight excluding hydrogens is 152 g/mol. The van der Waals surface area contributed by atoms with Gasteiger partial charge in [-0.25, -0.2) is 9.78 Å². The van der Waals surface area contributed by atoms with E-state index >= 15 is 0 Å². The van der Waals surface area contributed by atoms with Gasteiger partial charge < -0.3 is 0 Å². The van der Waals surface area contributed by atoms with E-state index in [-0.39, 0.29) is 1.43 Å². The average molecular weight is 175 g/mol. The summed E-state index contributed by atoms with van der Waals surface area (Å²) < 4.78 is 0. The van der Waals surface area contributed by atoms with Crippen molar-refractivity contribution in [1.82, 2.24) is 0 Å². The largest absolute Gasteiger partial charge is 1.00 e. The van der Waals surface area contributed by atoms with Crippen molar-refractivity contribution in [2.24, 2.45) is 0 Å². The highest BCUT2D eigenvalue weighted by Gasteiger charge is 1.89. The topological polar surface area (TPSA) is 18.5 Å². The van der Waals surface area contributed by atoms with Crippen LogP contribution in [0, 0.1) is 0 Å². The second kappa shape index (κ2) is 10.9. The molecule has 0 rings (SSSR count). The Morgan fingerprint density at radius 1 is 0.750 bits per heavy atom. The summed E-state index contributed by atoms with van der Waals surface area (Å²) in [6.07, 6.45) is 7.17. The Morgan fingerprint density at radius 3 is 1.50 bits per heavy atom. The van der Waals surface area contributed by atoms with Crippen LogP contribution in [0.4, 0.5) is 0 Å². The molecule has 0 aromatic rings. The minimum absolute atomic E-state index is 0. The Balaban J connectivity index is 0. The third kappa shape index (κ3) is 9.92. The minimum atomic E-state index is 0. The van der Waals surface area contributed by atoms with Gasteiger partial charge in [-0.05, 0) is 12.8 Å². The van der Waals surface area contributed by atoms with E-state index in [0.29, 0.717) is 0 Å². The van der Waals surface area contributed by atoms with Crippen LogP contribution in [0.25, 0.3) is 0 Å². The number of hydrogen-bond acceptors (Lipinski definition) is 2. The molecule has 0 unspecified atom stereocenters. The van der Waals surface area contributed by atoms with Crippen LogP contribution in [0.3, 0.4) is 0 Å². The SMILES string of the molecule is CCCCCOOCCCCC.[H+]. The van der Waals surface area contributed by atoms with Gasteiger partial charge in [0.05, 0.1) is 13.2 Å². The van der Waals surface area contributed by atoms with Crippen molar-refractivity contribution in [2.45, 2.75) is 52.4 Å². The fourth-order valence-corrected chi connectivity index (χ4v) is 0.940. The van der Waals surface area contributed by atoms with Crippen LogP contribution in [0.1, 0.15) is 53.8 Å². The zero-order valence-corrected chi connectivity index (χ0v) is 8.47. The van der Waals surface area contributed by atoms with Gasteiger partial charge in [0.25, 0.3) is 0 Å². The third-order valence-electron chi connectivity index (χ3n) is 1.75. The summed E-state index contributed by atoms with van der Waals surface area (Å²) in [5.41, 5.74) is 0. The van der Waals surface area contributed by atoms with Crippen LogP contribution in [-0.4, -0.2) is 13.2 Å². The highest BCUT2D eigenvalue weighted by Crippen LogP contribution is 1.97. The first kappa shape index (κ1) is 11.9. The van der Waals surface area contributed by atoms with Crippen LogP contribution in [0.2, 0.25) is 0 Å². The van der Waals surface area contributed by atoms with E-state index in [1.165, 1.54) is 25.7 Å². The van der Waals surface area contributed by atoms with Crippen molar-refractivity contribution in [3.05, 3.63) is 0 Å². The second-order valence-corrected chi connectivity index (χ2v) is 3.06. The van der Waals surface area contributed by atoms with E-state index in [0.717, 1.165) is 26.1 Å². The van der Waals surface area contributed by atoms with E-state index in [1.807, 2.05) is 0 Å². The van der Waals surface area contributed by atoms with Crippen LogP contribution in [-0.2, 0) is 9.78 Å². The van der Waals surface area contributed by atoms with E-state index in [2.05, 4.69) is 13.8 Å². The van der Waals surface area contributed by atoms with Gasteiger partial charge in [0.1, 0.15) is 0 Å². The quantitative estimate of drug-likeness (QED) is 0.304. The van der Waals surface area contributed by atoms with Crippen molar-refractivity contribution < 1.29 is 11.2 Å². The van der Waals surface area contributed by atoms with Crippen LogP contribution < -0.4 is 0 Å². The van der Waals surface area contributed by atoms with Gasteiger partial charge in [-0.3, -0.25) is 0 Å². The average Bonchev–Trinajstić information content (AvgIpc) is 2.10. The summed E-state index contributed by atoms with van der Waals surface area (Å²) in [6, 6.07) is 0. The Kier molecular flexibility index (Phi) is 10.8. The smallest absolute Gasteiger partial charge is 0.237 e. The van der Waals surface area contributed by atoms with Gasteiger partial charge in [-0.15, -0.1) is 0 Å². The van der Waals surface area contributed by atoms with E-state index in [4.69, 9.17) is 9.78 Å². The highest BCUT2D eigenvalue weighted by atomic mass is 17.2. The lowest BCUT2D eigenvalue weighted by Gasteiger charge is -2.02. The molecule has 2 heteroatoms. The summed E-state index contributed by atoms with van der Waals surface area (Å²) in [4.78, 5) is 9.96. The monoisotopic (exact) mass is 175 g/mol. The number of rotatable bonds is 9. The van der Waals surface area contributed by atoms with E-state index in [1.54, 1.807) is 0 Å². The summed E-state index contributed by atoms with van der Waals surface area (Å²) in [5, 5.41) is 0. The molecule has 0 N–H and O–H groups in total. The maximum Gasteiger partial charge on any atom is 1.00 e. The molecule has 0 aliphatic carbocycles. The molecule has 0 bridgehead atoms. The highest BCUT2D eigenvalue weighted by molar-refractivity contribution is 4.34. The molecule has 0 atom stereocenters. The van der Waals surface area contributed by atoms with Crippen LogP contribution >= 0.6 is 0 Å². The van der Waals surface area contributed by atoms with Gasteiger partial charge in [-0.1, -0.05) is 39.5 Å². The predicted molar refractivity (Wildman–Crippen MR) is 52.1 cm³/mol. The normalized spacial score (nSPS) is 10.5. The van der Waals surface area contributed by atoms with E-state index in [9.17, 15) is 0 Å². The van der Waals surface area contributed by atoms with Crippen LogP contribution in [0.15, 0.2) is 0 Å². The van der Waals surface area contributed by atoms with Crippen molar-refractivity contribution in [1.29, 1.82) is 0 Å². The van der Waals surface area contributed by atoms with Gasteiger partial charge in [0.2, 0.25) is 0 Å². The molecule has 0 amide bonds. The van der Waals surface area contributed by atoms with Gasteiger partial charge >= 0.3 is 1.43 Å². The van der Waals surface area contributed by atoms with Crippen LogP contribution in [0.5, 0.6) is 0 Å². The first-order valence-corrected chi connectivity index (χ1v) is 5.16. The summed E-state index contributed by atoms with van der Waals surface area (Å²) in [7, 11) is 0. The van der Waals surface area contributed by atoms with Crippen molar-refractivity contribution in [3.63, 3.8) is 0 Å². The van der Waals surface area contributed by atoms with Crippen molar-refractivity contribution in [3.8, 4) is 0 Å². The summed E-state index contributed by atoms with van der Waals surface area (Å²) >= 11 is 0. The lowest BCUT2D eigenvalue weighted by molar-refractivity contribution is -0.295. The number of hydrogen-bond donors (Lipinski definition) is 0. The zero-order chi connectivity index (χ0) is 9.07. The molecular formula is C10H23O2+. The fourth-order valence-electron chi connectivity index (χ4n) is 0.940. The molecule has 0 saturated carbocycles. The lowest BCUT2D eigenvalue weighted by Crippen LogP contribution is -1.98. The molecule has 0 saturated heterocycles. The molecule has 0 heterocycles. The first-order chi connectivity index (χ1) is 5.91.